The van der Waals surface area contributed by atoms with E-state index < -0.39 is 8.07 Å². The van der Waals surface area contributed by atoms with E-state index in [1.807, 2.05) is 79.1 Å². The second kappa shape index (κ2) is 16.0. The summed E-state index contributed by atoms with van der Waals surface area (Å²) in [5.74, 6) is 0.752. The first-order valence-corrected chi connectivity index (χ1v) is 14.5. The van der Waals surface area contributed by atoms with E-state index in [0.29, 0.717) is 0 Å². The molecule has 0 fully saturated rings. The fourth-order valence-electron chi connectivity index (χ4n) is 3.09. The third-order valence-electron chi connectivity index (χ3n) is 5.02. The van der Waals surface area contributed by atoms with Crippen LogP contribution in [0.3, 0.4) is 0 Å². The van der Waals surface area contributed by atoms with Crippen LogP contribution >= 0.6 is 0 Å². The average Bonchev–Trinajstić information content (AvgIpc) is 2.90. The number of pyridine rings is 2. The summed E-state index contributed by atoms with van der Waals surface area (Å²) in [6.45, 7) is 6.88. The molecule has 0 aliphatic rings. The van der Waals surface area contributed by atoms with Gasteiger partial charge in [-0.15, -0.1) is 54.1 Å². The monoisotopic (exact) mass is 749 g/mol. The minimum Gasteiger partial charge on any atom is -0.360 e. The van der Waals surface area contributed by atoms with E-state index in [4.69, 9.17) is 0 Å². The molecular formula is C29H24BIrN4SiY-4. The number of benzene rings is 2. The Hall–Kier alpha value is -2.14. The molecule has 3 aromatic heterocycles. The summed E-state index contributed by atoms with van der Waals surface area (Å²) in [6.07, 6.45) is 10.3. The fraction of sp³-hybridized carbons (Fsp3) is 0.103. The quantitative estimate of drug-likeness (QED) is 0.185. The van der Waals surface area contributed by atoms with Gasteiger partial charge in [-0.1, -0.05) is 37.6 Å². The van der Waals surface area contributed by atoms with Crippen LogP contribution in [0.4, 0.5) is 0 Å². The second-order valence-corrected chi connectivity index (χ2v) is 13.7. The molecule has 0 aliphatic carbocycles. The first kappa shape index (κ1) is 32.9. The van der Waals surface area contributed by atoms with Crippen LogP contribution in [0.25, 0.3) is 33.8 Å². The standard InChI is InChI=1S/C16H9N2.C13H15N2Si.B.Ir.Y/c1-2-10-18-16(8-1)14-6-3-5-13(11-14)15-7-4-9-17-12-15;1-16(2,3)12-9-14-13(15-10-12)11-7-5-4-6-8-11;;;/h1-5,7-10H;4-7,9-10H,1-3H3;;;/q-3;-1;;;. The van der Waals surface area contributed by atoms with Crippen LogP contribution in [0, 0.1) is 24.4 Å². The maximum atomic E-state index is 4.41. The Morgan fingerprint density at radius 1 is 0.703 bits per heavy atom. The summed E-state index contributed by atoms with van der Waals surface area (Å²) < 4.78 is 0. The fourth-order valence-corrected chi connectivity index (χ4v) is 3.99. The first-order chi connectivity index (χ1) is 16.5. The first-order valence-electron chi connectivity index (χ1n) is 11.0. The number of rotatable bonds is 4. The molecule has 0 atom stereocenters. The van der Waals surface area contributed by atoms with Gasteiger partial charge in [0.05, 0.1) is 13.9 Å². The van der Waals surface area contributed by atoms with E-state index in [2.05, 4.69) is 64.0 Å². The largest absolute Gasteiger partial charge is 0.360 e. The Morgan fingerprint density at radius 2 is 1.43 bits per heavy atom. The third-order valence-corrected chi connectivity index (χ3v) is 7.02. The normalized spacial score (nSPS) is 9.92. The van der Waals surface area contributed by atoms with Crippen LogP contribution in [-0.4, -0.2) is 36.4 Å². The second-order valence-electron chi connectivity index (χ2n) is 8.59. The predicted octanol–water partition coefficient (Wildman–Crippen LogP) is 5.31. The maximum Gasteiger partial charge on any atom is 0.0815 e. The van der Waals surface area contributed by atoms with Gasteiger partial charge < -0.3 is 16.0 Å². The summed E-state index contributed by atoms with van der Waals surface area (Å²) in [5, 5.41) is 1.28. The SMILES string of the molecule is C[Si](C)(C)c1cnc(-c2[c-]cccc2)nc1.[B].[Ir].[Y].[c-]1ccc(-c2[c-]nccc2)[c-]c1-c1ccccn1. The van der Waals surface area contributed by atoms with E-state index >= 15 is 0 Å². The molecular weight excluding hydrogens is 724 g/mol. The molecule has 2 aromatic carbocycles. The van der Waals surface area contributed by atoms with Crippen molar-refractivity contribution < 1.29 is 52.8 Å². The summed E-state index contributed by atoms with van der Waals surface area (Å²) in [5.41, 5.74) is 4.53. The van der Waals surface area contributed by atoms with Gasteiger partial charge in [0.25, 0.3) is 0 Å². The molecule has 3 heterocycles. The van der Waals surface area contributed by atoms with E-state index in [1.165, 1.54) is 5.19 Å². The van der Waals surface area contributed by atoms with Crippen molar-refractivity contribution in [3.8, 4) is 33.8 Å². The van der Waals surface area contributed by atoms with Crippen molar-refractivity contribution in [3.05, 3.63) is 116 Å². The van der Waals surface area contributed by atoms with Gasteiger partial charge in [-0.3, -0.25) is 33.2 Å². The molecule has 183 valence electrons. The van der Waals surface area contributed by atoms with Crippen molar-refractivity contribution in [1.82, 2.24) is 19.9 Å². The number of hydrogen-bond donors (Lipinski definition) is 0. The molecule has 4 nitrogen and oxygen atoms in total. The van der Waals surface area contributed by atoms with Gasteiger partial charge in [0.2, 0.25) is 0 Å². The van der Waals surface area contributed by atoms with Gasteiger partial charge in [0, 0.05) is 79.8 Å². The topological polar surface area (TPSA) is 51.6 Å². The molecule has 0 amide bonds. The zero-order chi connectivity index (χ0) is 23.8. The van der Waals surface area contributed by atoms with Gasteiger partial charge in [-0.2, -0.15) is 5.56 Å². The zero-order valence-electron chi connectivity index (χ0n) is 20.9. The number of nitrogens with zero attached hydrogens (tertiary/aromatic N) is 4. The van der Waals surface area contributed by atoms with Gasteiger partial charge in [-0.05, 0) is 17.4 Å². The van der Waals surface area contributed by atoms with Crippen LogP contribution in [0.2, 0.25) is 19.6 Å². The van der Waals surface area contributed by atoms with Crippen LogP contribution in [-0.2, 0) is 52.8 Å². The van der Waals surface area contributed by atoms with E-state index in [0.717, 1.165) is 33.8 Å². The summed E-state index contributed by atoms with van der Waals surface area (Å²) >= 11 is 0. The molecule has 8 heteroatoms. The summed E-state index contributed by atoms with van der Waals surface area (Å²) in [4.78, 5) is 17.1. The smallest absolute Gasteiger partial charge is 0.0815 e. The van der Waals surface area contributed by atoms with Crippen molar-refractivity contribution in [2.75, 3.05) is 0 Å². The molecule has 5 radical (unpaired) electrons. The summed E-state index contributed by atoms with van der Waals surface area (Å²) in [6, 6.07) is 30.8. The van der Waals surface area contributed by atoms with Crippen molar-refractivity contribution in [1.29, 1.82) is 0 Å². The Kier molecular flexibility index (Phi) is 14.2. The van der Waals surface area contributed by atoms with Crippen molar-refractivity contribution in [2.45, 2.75) is 19.6 Å². The third kappa shape index (κ3) is 9.59. The Labute approximate surface area is 261 Å². The molecule has 0 bridgehead atoms. The molecule has 0 unspecified atom stereocenters. The number of aromatic nitrogens is 4. The Bertz CT molecular complexity index is 1270. The minimum absolute atomic E-state index is 0. The molecule has 5 rings (SSSR count). The molecule has 0 spiro atoms. The van der Waals surface area contributed by atoms with Crippen molar-refractivity contribution >= 4 is 21.7 Å². The van der Waals surface area contributed by atoms with Gasteiger partial charge in [0.15, 0.2) is 0 Å². The molecule has 37 heavy (non-hydrogen) atoms. The van der Waals surface area contributed by atoms with Crippen LogP contribution in [0.15, 0.2) is 91.5 Å². The van der Waals surface area contributed by atoms with Crippen LogP contribution < -0.4 is 5.19 Å². The average molecular weight is 749 g/mol. The van der Waals surface area contributed by atoms with Crippen molar-refractivity contribution in [2.24, 2.45) is 0 Å². The van der Waals surface area contributed by atoms with Gasteiger partial charge >= 0.3 is 0 Å². The molecule has 0 saturated carbocycles. The molecule has 0 N–H and O–H groups in total. The summed E-state index contributed by atoms with van der Waals surface area (Å²) in [7, 11) is -1.29. The Balaban J connectivity index is 0.000000344. The molecule has 5 aromatic rings. The van der Waals surface area contributed by atoms with E-state index in [-0.39, 0.29) is 61.2 Å². The van der Waals surface area contributed by atoms with E-state index in [1.54, 1.807) is 12.4 Å². The van der Waals surface area contributed by atoms with Crippen LogP contribution in [0.1, 0.15) is 0 Å². The van der Waals surface area contributed by atoms with Crippen LogP contribution in [0.5, 0.6) is 0 Å². The van der Waals surface area contributed by atoms with Gasteiger partial charge in [0.1, 0.15) is 0 Å². The molecule has 0 aliphatic heterocycles. The maximum absolute atomic E-state index is 4.41. The van der Waals surface area contributed by atoms with Crippen molar-refractivity contribution in [3.63, 3.8) is 0 Å². The molecule has 0 saturated heterocycles. The predicted molar refractivity (Wildman–Crippen MR) is 144 cm³/mol. The minimum atomic E-state index is -1.29. The van der Waals surface area contributed by atoms with Gasteiger partial charge in [-0.25, -0.2) is 6.07 Å². The van der Waals surface area contributed by atoms with E-state index in [9.17, 15) is 0 Å². The Morgan fingerprint density at radius 3 is 2.03 bits per heavy atom. The zero-order valence-corrected chi connectivity index (χ0v) is 27.2. The number of hydrogen-bond acceptors (Lipinski definition) is 4.